The van der Waals surface area contributed by atoms with Crippen LogP contribution in [0.25, 0.3) is 0 Å². The number of nitrogens with zero attached hydrogens (tertiary/aromatic N) is 2. The van der Waals surface area contributed by atoms with Crippen LogP contribution in [0.2, 0.25) is 0 Å². The lowest BCUT2D eigenvalue weighted by Gasteiger charge is -2.14. The monoisotopic (exact) mass is 470 g/mol. The summed E-state index contributed by atoms with van der Waals surface area (Å²) in [6, 6.07) is 11.8. The Kier molecular flexibility index (Phi) is 10.5. The predicted octanol–water partition coefficient (Wildman–Crippen LogP) is 3.36. The van der Waals surface area contributed by atoms with E-state index in [2.05, 4.69) is 27.5 Å². The number of ether oxygens (including phenoxy) is 2. The van der Waals surface area contributed by atoms with Crippen LogP contribution < -0.4 is 20.1 Å². The quantitative estimate of drug-likeness (QED) is 0.352. The topological polar surface area (TPSA) is 67.8 Å². The number of methoxy groups -OCH3 is 1. The summed E-state index contributed by atoms with van der Waals surface area (Å²) in [7, 11) is 3.42. The standard InChI is InChI=1S/C19H26N4O2.HI/c1-4-11-25-18-10-9-15(12-21-18)13-22-19(20-2)23-14-16-7-5-6-8-17(16)24-3;/h5-10,12H,4,11,13-14H2,1-3H3,(H2,20,22,23);1H. The van der Waals surface area contributed by atoms with Crippen LogP contribution in [0.15, 0.2) is 47.6 Å². The van der Waals surface area contributed by atoms with E-state index in [4.69, 9.17) is 9.47 Å². The zero-order valence-electron chi connectivity index (χ0n) is 15.5. The lowest BCUT2D eigenvalue weighted by molar-refractivity contribution is 0.305. The van der Waals surface area contributed by atoms with E-state index in [1.807, 2.05) is 42.6 Å². The van der Waals surface area contributed by atoms with Crippen molar-refractivity contribution in [3.63, 3.8) is 0 Å². The summed E-state index contributed by atoms with van der Waals surface area (Å²) in [5.74, 6) is 2.24. The van der Waals surface area contributed by atoms with E-state index in [9.17, 15) is 0 Å². The van der Waals surface area contributed by atoms with E-state index in [1.165, 1.54) is 0 Å². The number of guanidine groups is 1. The first kappa shape index (κ1) is 22.0. The molecule has 0 aliphatic carbocycles. The summed E-state index contributed by atoms with van der Waals surface area (Å²) >= 11 is 0. The minimum Gasteiger partial charge on any atom is -0.496 e. The van der Waals surface area contributed by atoms with Gasteiger partial charge in [-0.3, -0.25) is 4.99 Å². The molecule has 0 amide bonds. The molecule has 6 nitrogen and oxygen atoms in total. The van der Waals surface area contributed by atoms with Crippen molar-refractivity contribution in [2.45, 2.75) is 26.4 Å². The Balaban J connectivity index is 0.00000338. The first-order chi connectivity index (χ1) is 12.3. The van der Waals surface area contributed by atoms with Crippen LogP contribution in [-0.4, -0.2) is 31.7 Å². The van der Waals surface area contributed by atoms with Gasteiger partial charge in [-0.25, -0.2) is 4.98 Å². The average Bonchev–Trinajstić information content (AvgIpc) is 2.67. The molecule has 0 radical (unpaired) electrons. The van der Waals surface area contributed by atoms with Crippen molar-refractivity contribution in [1.29, 1.82) is 0 Å². The fourth-order valence-corrected chi connectivity index (χ4v) is 2.24. The molecule has 0 bridgehead atoms. The van der Waals surface area contributed by atoms with E-state index in [0.29, 0.717) is 25.6 Å². The molecule has 26 heavy (non-hydrogen) atoms. The van der Waals surface area contributed by atoms with Crippen molar-refractivity contribution in [3.8, 4) is 11.6 Å². The van der Waals surface area contributed by atoms with Crippen molar-refractivity contribution in [3.05, 3.63) is 53.7 Å². The summed E-state index contributed by atoms with van der Waals surface area (Å²) in [6.45, 7) is 4.02. The zero-order valence-corrected chi connectivity index (χ0v) is 17.8. The molecule has 0 saturated heterocycles. The third kappa shape index (κ3) is 7.07. The molecule has 0 aliphatic heterocycles. The van der Waals surface area contributed by atoms with Crippen molar-refractivity contribution in [2.75, 3.05) is 20.8 Å². The number of benzene rings is 1. The molecule has 2 aromatic rings. The van der Waals surface area contributed by atoms with Gasteiger partial charge in [0, 0.05) is 38.0 Å². The summed E-state index contributed by atoms with van der Waals surface area (Å²) in [5.41, 5.74) is 2.14. The highest BCUT2D eigenvalue weighted by atomic mass is 127. The third-order valence-corrected chi connectivity index (χ3v) is 3.57. The van der Waals surface area contributed by atoms with Crippen LogP contribution in [0.5, 0.6) is 11.6 Å². The Hall–Kier alpha value is -2.03. The van der Waals surface area contributed by atoms with Gasteiger partial charge in [0.05, 0.1) is 13.7 Å². The van der Waals surface area contributed by atoms with E-state index in [-0.39, 0.29) is 24.0 Å². The first-order valence-corrected chi connectivity index (χ1v) is 8.41. The number of pyridine rings is 1. The summed E-state index contributed by atoms with van der Waals surface area (Å²) in [5, 5.41) is 6.56. The van der Waals surface area contributed by atoms with Gasteiger partial charge in [0.25, 0.3) is 0 Å². The van der Waals surface area contributed by atoms with E-state index in [0.717, 1.165) is 29.3 Å². The Bertz CT molecular complexity index is 677. The van der Waals surface area contributed by atoms with Gasteiger partial charge < -0.3 is 20.1 Å². The van der Waals surface area contributed by atoms with E-state index in [1.54, 1.807) is 14.2 Å². The number of hydrogen-bond acceptors (Lipinski definition) is 4. The van der Waals surface area contributed by atoms with Crippen molar-refractivity contribution in [2.24, 2.45) is 4.99 Å². The Morgan fingerprint density at radius 2 is 1.88 bits per heavy atom. The second-order valence-corrected chi connectivity index (χ2v) is 5.44. The van der Waals surface area contributed by atoms with Crippen molar-refractivity contribution >= 4 is 29.9 Å². The molecule has 0 atom stereocenters. The minimum absolute atomic E-state index is 0. The number of para-hydroxylation sites is 1. The molecule has 1 heterocycles. The van der Waals surface area contributed by atoms with E-state index < -0.39 is 0 Å². The molecule has 0 unspecified atom stereocenters. The molecule has 0 fully saturated rings. The second kappa shape index (κ2) is 12.3. The van der Waals surface area contributed by atoms with Crippen LogP contribution in [0.1, 0.15) is 24.5 Å². The van der Waals surface area contributed by atoms with Gasteiger partial charge in [0.2, 0.25) is 5.88 Å². The lowest BCUT2D eigenvalue weighted by atomic mass is 10.2. The summed E-state index contributed by atoms with van der Waals surface area (Å²) in [6.07, 6.45) is 2.78. The number of nitrogens with one attached hydrogen (secondary N) is 2. The van der Waals surface area contributed by atoms with Crippen LogP contribution in [0.4, 0.5) is 0 Å². The van der Waals surface area contributed by atoms with Crippen LogP contribution in [-0.2, 0) is 13.1 Å². The first-order valence-electron chi connectivity index (χ1n) is 8.41. The third-order valence-electron chi connectivity index (χ3n) is 3.57. The molecule has 0 saturated carbocycles. The summed E-state index contributed by atoms with van der Waals surface area (Å²) < 4.78 is 10.8. The Labute approximate surface area is 172 Å². The zero-order chi connectivity index (χ0) is 17.9. The van der Waals surface area contributed by atoms with Gasteiger partial charge in [0.1, 0.15) is 5.75 Å². The van der Waals surface area contributed by atoms with Crippen LogP contribution >= 0.6 is 24.0 Å². The van der Waals surface area contributed by atoms with Gasteiger partial charge in [0.15, 0.2) is 5.96 Å². The molecule has 7 heteroatoms. The van der Waals surface area contributed by atoms with Gasteiger partial charge in [-0.15, -0.1) is 24.0 Å². The molecule has 1 aromatic carbocycles. The molecule has 142 valence electrons. The molecular weight excluding hydrogens is 443 g/mol. The average molecular weight is 470 g/mol. The fraction of sp³-hybridized carbons (Fsp3) is 0.368. The molecule has 2 N–H and O–H groups in total. The lowest BCUT2D eigenvalue weighted by Crippen LogP contribution is -2.36. The van der Waals surface area contributed by atoms with Crippen molar-refractivity contribution < 1.29 is 9.47 Å². The highest BCUT2D eigenvalue weighted by Crippen LogP contribution is 2.16. The maximum absolute atomic E-state index is 5.49. The van der Waals surface area contributed by atoms with Gasteiger partial charge >= 0.3 is 0 Å². The van der Waals surface area contributed by atoms with Crippen LogP contribution in [0, 0.1) is 0 Å². The largest absolute Gasteiger partial charge is 0.496 e. The van der Waals surface area contributed by atoms with Crippen molar-refractivity contribution in [1.82, 2.24) is 15.6 Å². The Morgan fingerprint density at radius 3 is 2.54 bits per heavy atom. The van der Waals surface area contributed by atoms with Gasteiger partial charge in [-0.1, -0.05) is 31.2 Å². The number of halogens is 1. The maximum atomic E-state index is 5.49. The molecule has 0 spiro atoms. The number of aromatic nitrogens is 1. The normalized spacial score (nSPS) is 10.7. The smallest absolute Gasteiger partial charge is 0.213 e. The van der Waals surface area contributed by atoms with Crippen LogP contribution in [0.3, 0.4) is 0 Å². The number of aliphatic imine (C=N–C) groups is 1. The number of hydrogen-bond donors (Lipinski definition) is 2. The highest BCUT2D eigenvalue weighted by Gasteiger charge is 2.04. The van der Waals surface area contributed by atoms with Gasteiger partial charge in [-0.05, 0) is 18.1 Å². The summed E-state index contributed by atoms with van der Waals surface area (Å²) in [4.78, 5) is 8.54. The molecule has 1 aromatic heterocycles. The predicted molar refractivity (Wildman–Crippen MR) is 115 cm³/mol. The highest BCUT2D eigenvalue weighted by molar-refractivity contribution is 14.0. The molecule has 0 aliphatic rings. The molecule has 2 rings (SSSR count). The minimum atomic E-state index is 0. The van der Waals surface area contributed by atoms with E-state index >= 15 is 0 Å². The fourth-order valence-electron chi connectivity index (χ4n) is 2.24. The second-order valence-electron chi connectivity index (χ2n) is 5.44. The molecular formula is C19H27IN4O2. The SMILES string of the molecule is CCCOc1ccc(CNC(=NC)NCc2ccccc2OC)cn1.I. The Morgan fingerprint density at radius 1 is 1.12 bits per heavy atom. The number of rotatable bonds is 8. The van der Waals surface area contributed by atoms with Gasteiger partial charge in [-0.2, -0.15) is 0 Å². The maximum Gasteiger partial charge on any atom is 0.213 e.